The minimum absolute atomic E-state index is 0.0213. The van der Waals surface area contributed by atoms with Crippen LogP contribution in [0.5, 0.6) is 5.88 Å². The van der Waals surface area contributed by atoms with Gasteiger partial charge in [-0.2, -0.15) is 4.98 Å². The number of ether oxygens (including phenoxy) is 1. The predicted molar refractivity (Wildman–Crippen MR) is 100 cm³/mol. The van der Waals surface area contributed by atoms with Crippen molar-refractivity contribution in [3.05, 3.63) is 41.1 Å². The molecule has 0 saturated heterocycles. The van der Waals surface area contributed by atoms with E-state index in [4.69, 9.17) is 9.84 Å². The van der Waals surface area contributed by atoms with Crippen LogP contribution in [0.15, 0.2) is 18.2 Å². The maximum atomic E-state index is 14.7. The fraction of sp³-hybridized carbons (Fsp3) is 0.476. The minimum atomic E-state index is -0.917. The average molecular weight is 390 g/mol. The summed E-state index contributed by atoms with van der Waals surface area (Å²) >= 11 is 0. The molecule has 28 heavy (non-hydrogen) atoms. The molecule has 1 atom stereocenters. The third kappa shape index (κ3) is 4.82. The van der Waals surface area contributed by atoms with Gasteiger partial charge < -0.3 is 9.84 Å². The Balaban J connectivity index is 1.82. The highest BCUT2D eigenvalue weighted by atomic mass is 19.1. The number of hydrogen-bond acceptors (Lipinski definition) is 4. The summed E-state index contributed by atoms with van der Waals surface area (Å²) in [6, 6.07) is 4.18. The number of aryl methyl sites for hydroxylation is 1. The summed E-state index contributed by atoms with van der Waals surface area (Å²) in [6.07, 6.45) is 3.97. The molecule has 1 aliphatic carbocycles. The van der Waals surface area contributed by atoms with Crippen molar-refractivity contribution in [3.8, 4) is 17.3 Å². The first kappa shape index (κ1) is 20.2. The SMILES string of the molecule is Cc1cc(OC2CCC2)nc(-c2cc(F)c(C(C)CCCC(=O)O)c(F)c2)n1. The Morgan fingerprint density at radius 2 is 1.93 bits per heavy atom. The molecule has 1 unspecified atom stereocenters. The smallest absolute Gasteiger partial charge is 0.303 e. The minimum Gasteiger partial charge on any atom is -0.481 e. The average Bonchev–Trinajstić information content (AvgIpc) is 2.56. The van der Waals surface area contributed by atoms with E-state index in [0.717, 1.165) is 19.3 Å². The van der Waals surface area contributed by atoms with Gasteiger partial charge in [0.15, 0.2) is 5.82 Å². The van der Waals surface area contributed by atoms with Gasteiger partial charge in [-0.1, -0.05) is 6.92 Å². The molecule has 1 saturated carbocycles. The zero-order valence-electron chi connectivity index (χ0n) is 16.0. The largest absolute Gasteiger partial charge is 0.481 e. The zero-order valence-corrected chi connectivity index (χ0v) is 16.0. The summed E-state index contributed by atoms with van der Waals surface area (Å²) < 4.78 is 35.1. The molecule has 1 N–H and O–H groups in total. The van der Waals surface area contributed by atoms with Gasteiger partial charge in [0.05, 0.1) is 0 Å². The van der Waals surface area contributed by atoms with Crippen LogP contribution in [0.4, 0.5) is 8.78 Å². The fourth-order valence-corrected chi connectivity index (χ4v) is 3.28. The lowest BCUT2D eigenvalue weighted by Gasteiger charge is -2.25. The molecular weight excluding hydrogens is 366 g/mol. The molecule has 0 amide bonds. The molecular formula is C21H24F2N2O3. The van der Waals surface area contributed by atoms with Gasteiger partial charge in [-0.05, 0) is 57.1 Å². The maximum Gasteiger partial charge on any atom is 0.303 e. The maximum absolute atomic E-state index is 14.7. The van der Waals surface area contributed by atoms with Crippen molar-refractivity contribution in [3.63, 3.8) is 0 Å². The Kier molecular flexibility index (Phi) is 6.21. The van der Waals surface area contributed by atoms with E-state index in [1.165, 1.54) is 12.1 Å². The number of aromatic nitrogens is 2. The van der Waals surface area contributed by atoms with Crippen LogP contribution in [0.1, 0.15) is 62.6 Å². The topological polar surface area (TPSA) is 72.3 Å². The lowest BCUT2D eigenvalue weighted by atomic mass is 9.93. The molecule has 7 heteroatoms. The first-order valence-corrected chi connectivity index (χ1v) is 9.57. The Morgan fingerprint density at radius 3 is 2.50 bits per heavy atom. The quantitative estimate of drug-likeness (QED) is 0.685. The van der Waals surface area contributed by atoms with E-state index in [1.54, 1.807) is 19.9 Å². The lowest BCUT2D eigenvalue weighted by molar-refractivity contribution is -0.137. The van der Waals surface area contributed by atoms with E-state index < -0.39 is 23.5 Å². The van der Waals surface area contributed by atoms with Gasteiger partial charge in [0.2, 0.25) is 5.88 Å². The Hall–Kier alpha value is -2.57. The highest BCUT2D eigenvalue weighted by molar-refractivity contribution is 5.66. The second-order valence-electron chi connectivity index (χ2n) is 7.38. The molecule has 2 aromatic rings. The van der Waals surface area contributed by atoms with Gasteiger partial charge in [-0.3, -0.25) is 4.79 Å². The van der Waals surface area contributed by atoms with E-state index in [9.17, 15) is 13.6 Å². The van der Waals surface area contributed by atoms with Crippen molar-refractivity contribution in [2.75, 3.05) is 0 Å². The first-order chi connectivity index (χ1) is 13.3. The van der Waals surface area contributed by atoms with Crippen molar-refractivity contribution < 1.29 is 23.4 Å². The van der Waals surface area contributed by atoms with E-state index in [1.807, 2.05) is 0 Å². The first-order valence-electron chi connectivity index (χ1n) is 9.57. The molecule has 0 bridgehead atoms. The normalized spacial score (nSPS) is 15.1. The predicted octanol–water partition coefficient (Wildman–Crippen LogP) is 5.02. The van der Waals surface area contributed by atoms with Crippen molar-refractivity contribution in [2.24, 2.45) is 0 Å². The summed E-state index contributed by atoms with van der Waals surface area (Å²) in [6.45, 7) is 3.47. The third-order valence-electron chi connectivity index (χ3n) is 5.03. The number of carbonyl (C=O) groups is 1. The summed E-state index contributed by atoms with van der Waals surface area (Å²) in [5.41, 5.74) is 0.873. The number of rotatable bonds is 8. The second-order valence-corrected chi connectivity index (χ2v) is 7.38. The van der Waals surface area contributed by atoms with Gasteiger partial charge in [-0.15, -0.1) is 0 Å². The Bertz CT molecular complexity index is 846. The van der Waals surface area contributed by atoms with Crippen LogP contribution in [0, 0.1) is 18.6 Å². The monoisotopic (exact) mass is 390 g/mol. The van der Waals surface area contributed by atoms with Gasteiger partial charge in [0, 0.05) is 29.3 Å². The summed E-state index contributed by atoms with van der Waals surface area (Å²) in [5, 5.41) is 8.72. The van der Waals surface area contributed by atoms with Crippen LogP contribution in [-0.2, 0) is 4.79 Å². The van der Waals surface area contributed by atoms with E-state index in [2.05, 4.69) is 9.97 Å². The number of halogens is 2. The van der Waals surface area contributed by atoms with Crippen LogP contribution in [0.3, 0.4) is 0 Å². The highest BCUT2D eigenvalue weighted by Gasteiger charge is 2.22. The Morgan fingerprint density at radius 1 is 1.25 bits per heavy atom. The van der Waals surface area contributed by atoms with Crippen molar-refractivity contribution in [1.29, 1.82) is 0 Å². The lowest BCUT2D eigenvalue weighted by Crippen LogP contribution is -2.25. The molecule has 1 aromatic heterocycles. The Labute approximate surface area is 162 Å². The highest BCUT2D eigenvalue weighted by Crippen LogP contribution is 2.31. The molecule has 1 heterocycles. The number of hydrogen-bond donors (Lipinski definition) is 1. The van der Waals surface area contributed by atoms with E-state index in [0.29, 0.717) is 24.4 Å². The zero-order chi connectivity index (χ0) is 20.3. The second kappa shape index (κ2) is 8.63. The molecule has 1 aliphatic rings. The van der Waals surface area contributed by atoms with Gasteiger partial charge >= 0.3 is 5.97 Å². The van der Waals surface area contributed by atoms with Gasteiger partial charge in [0.25, 0.3) is 0 Å². The number of aliphatic carboxylic acids is 1. The molecule has 0 spiro atoms. The van der Waals surface area contributed by atoms with Crippen molar-refractivity contribution >= 4 is 5.97 Å². The fourth-order valence-electron chi connectivity index (χ4n) is 3.28. The molecule has 0 radical (unpaired) electrons. The molecule has 3 rings (SSSR count). The molecule has 5 nitrogen and oxygen atoms in total. The van der Waals surface area contributed by atoms with Crippen molar-refractivity contribution in [1.82, 2.24) is 9.97 Å². The molecule has 1 aromatic carbocycles. The molecule has 0 aliphatic heterocycles. The summed E-state index contributed by atoms with van der Waals surface area (Å²) in [7, 11) is 0. The number of carboxylic acids is 1. The van der Waals surface area contributed by atoms with Crippen LogP contribution in [0.2, 0.25) is 0 Å². The number of carboxylic acid groups (broad SMARTS) is 1. The number of benzene rings is 1. The molecule has 1 fully saturated rings. The number of nitrogens with zero attached hydrogens (tertiary/aromatic N) is 2. The third-order valence-corrected chi connectivity index (χ3v) is 5.03. The van der Waals surface area contributed by atoms with Crippen LogP contribution in [0.25, 0.3) is 11.4 Å². The van der Waals surface area contributed by atoms with Crippen LogP contribution >= 0.6 is 0 Å². The standard InChI is InChI=1S/C21H24F2N2O3/c1-12(5-3-8-19(26)27)20-16(22)10-14(11-17(20)23)21-24-13(2)9-18(25-21)28-15-6-4-7-15/h9-12,15H,3-8H2,1-2H3,(H,26,27). The molecule has 150 valence electrons. The summed E-state index contributed by atoms with van der Waals surface area (Å²) in [5.74, 6) is -2.06. The van der Waals surface area contributed by atoms with Crippen molar-refractivity contribution in [2.45, 2.75) is 64.4 Å². The summed E-state index contributed by atoms with van der Waals surface area (Å²) in [4.78, 5) is 19.2. The van der Waals surface area contributed by atoms with Crippen LogP contribution < -0.4 is 4.74 Å². The van der Waals surface area contributed by atoms with E-state index >= 15 is 0 Å². The van der Waals surface area contributed by atoms with Gasteiger partial charge in [0.1, 0.15) is 17.7 Å². The van der Waals surface area contributed by atoms with Gasteiger partial charge in [-0.25, -0.2) is 13.8 Å². The van der Waals surface area contributed by atoms with E-state index in [-0.39, 0.29) is 29.5 Å². The van der Waals surface area contributed by atoms with Crippen LogP contribution in [-0.4, -0.2) is 27.1 Å².